The van der Waals surface area contributed by atoms with Gasteiger partial charge in [-0.2, -0.15) is 4.98 Å². The second-order valence-corrected chi connectivity index (χ2v) is 8.47. The van der Waals surface area contributed by atoms with E-state index in [-0.39, 0.29) is 5.92 Å². The van der Waals surface area contributed by atoms with Gasteiger partial charge in [-0.05, 0) is 61.9 Å². The van der Waals surface area contributed by atoms with Crippen LogP contribution in [0.5, 0.6) is 11.5 Å². The number of nitrogens with zero attached hydrogens (tertiary/aromatic N) is 3. The third kappa shape index (κ3) is 3.75. The SMILES string of the molecule is CCc1c(-c2ccc(OC)c(OC)c2)[nH]c2ccc(-c3noc(C4CC(O)N(C)C4)n3)cc12. The minimum atomic E-state index is -0.469. The van der Waals surface area contributed by atoms with Gasteiger partial charge in [-0.15, -0.1) is 0 Å². The first-order chi connectivity index (χ1) is 16.0. The highest BCUT2D eigenvalue weighted by Gasteiger charge is 2.32. The van der Waals surface area contributed by atoms with E-state index in [1.54, 1.807) is 14.2 Å². The number of aryl methyl sites for hydroxylation is 1. The average Bonchev–Trinajstić information content (AvgIpc) is 3.55. The van der Waals surface area contributed by atoms with Gasteiger partial charge in [-0.3, -0.25) is 4.90 Å². The van der Waals surface area contributed by atoms with Gasteiger partial charge in [0.25, 0.3) is 0 Å². The Morgan fingerprint density at radius 1 is 1.12 bits per heavy atom. The van der Waals surface area contributed by atoms with Crippen LogP contribution in [-0.4, -0.2) is 59.2 Å². The summed E-state index contributed by atoms with van der Waals surface area (Å²) in [5.74, 6) is 2.58. The van der Waals surface area contributed by atoms with Crippen molar-refractivity contribution in [2.45, 2.75) is 31.9 Å². The van der Waals surface area contributed by atoms with Crippen molar-refractivity contribution in [2.24, 2.45) is 0 Å². The van der Waals surface area contributed by atoms with Crippen LogP contribution >= 0.6 is 0 Å². The van der Waals surface area contributed by atoms with E-state index in [1.165, 1.54) is 5.56 Å². The van der Waals surface area contributed by atoms with E-state index in [2.05, 4.69) is 34.2 Å². The average molecular weight is 449 g/mol. The van der Waals surface area contributed by atoms with Crippen molar-refractivity contribution < 1.29 is 19.1 Å². The number of H-pyrrole nitrogens is 1. The minimum absolute atomic E-state index is 0.0464. The maximum absolute atomic E-state index is 10.0. The topological polar surface area (TPSA) is 96.6 Å². The first kappa shape index (κ1) is 21.5. The molecule has 8 heteroatoms. The monoisotopic (exact) mass is 448 g/mol. The van der Waals surface area contributed by atoms with Crippen LogP contribution < -0.4 is 9.47 Å². The van der Waals surface area contributed by atoms with Gasteiger partial charge in [-0.25, -0.2) is 0 Å². The van der Waals surface area contributed by atoms with Crippen molar-refractivity contribution in [1.29, 1.82) is 0 Å². The molecule has 2 atom stereocenters. The molecule has 4 aromatic rings. The first-order valence-corrected chi connectivity index (χ1v) is 11.1. The molecule has 2 aromatic carbocycles. The molecular weight excluding hydrogens is 420 g/mol. The summed E-state index contributed by atoms with van der Waals surface area (Å²) in [4.78, 5) is 10.1. The molecule has 1 aliphatic rings. The van der Waals surface area contributed by atoms with Crippen molar-refractivity contribution in [3.05, 3.63) is 47.9 Å². The smallest absolute Gasteiger partial charge is 0.231 e. The number of fused-ring (bicyclic) bond motifs is 1. The van der Waals surface area contributed by atoms with E-state index >= 15 is 0 Å². The Labute approximate surface area is 192 Å². The number of nitrogens with one attached hydrogen (secondary N) is 1. The van der Waals surface area contributed by atoms with Gasteiger partial charge in [-0.1, -0.05) is 12.1 Å². The number of benzene rings is 2. The van der Waals surface area contributed by atoms with Gasteiger partial charge in [0, 0.05) is 34.3 Å². The number of aromatic amines is 1. The van der Waals surface area contributed by atoms with E-state index in [9.17, 15) is 5.11 Å². The number of hydrogen-bond donors (Lipinski definition) is 2. The molecule has 1 fully saturated rings. The number of hydrogen-bond acceptors (Lipinski definition) is 7. The lowest BCUT2D eigenvalue weighted by molar-refractivity contribution is 0.0572. The van der Waals surface area contributed by atoms with Gasteiger partial charge >= 0.3 is 0 Å². The Balaban J connectivity index is 1.52. The summed E-state index contributed by atoms with van der Waals surface area (Å²) >= 11 is 0. The maximum atomic E-state index is 10.0. The van der Waals surface area contributed by atoms with Crippen molar-refractivity contribution in [3.63, 3.8) is 0 Å². The Morgan fingerprint density at radius 2 is 1.91 bits per heavy atom. The molecule has 2 N–H and O–H groups in total. The van der Waals surface area contributed by atoms with Gasteiger partial charge in [0.1, 0.15) is 6.23 Å². The van der Waals surface area contributed by atoms with Crippen LogP contribution in [0.25, 0.3) is 33.5 Å². The van der Waals surface area contributed by atoms with Crippen molar-refractivity contribution in [2.75, 3.05) is 27.8 Å². The van der Waals surface area contributed by atoms with Gasteiger partial charge in [0.05, 0.1) is 20.1 Å². The van der Waals surface area contributed by atoms with E-state index in [1.807, 2.05) is 36.2 Å². The van der Waals surface area contributed by atoms with Gasteiger partial charge in [0.2, 0.25) is 11.7 Å². The molecule has 0 radical (unpaired) electrons. The third-order valence-corrected chi connectivity index (χ3v) is 6.49. The number of aliphatic hydroxyl groups excluding tert-OH is 1. The quantitative estimate of drug-likeness (QED) is 0.456. The van der Waals surface area contributed by atoms with Crippen LogP contribution in [0.1, 0.15) is 30.7 Å². The molecule has 8 nitrogen and oxygen atoms in total. The van der Waals surface area contributed by atoms with Crippen LogP contribution in [0.3, 0.4) is 0 Å². The Morgan fingerprint density at radius 3 is 2.61 bits per heavy atom. The minimum Gasteiger partial charge on any atom is -0.493 e. The Hall–Kier alpha value is -3.36. The van der Waals surface area contributed by atoms with Gasteiger partial charge < -0.3 is 24.1 Å². The number of aliphatic hydroxyl groups is 1. The predicted octanol–water partition coefficient (Wildman–Crippen LogP) is 4.20. The fourth-order valence-electron chi connectivity index (χ4n) is 4.67. The lowest BCUT2D eigenvalue weighted by atomic mass is 10.0. The summed E-state index contributed by atoms with van der Waals surface area (Å²) < 4.78 is 16.4. The fraction of sp³-hybridized carbons (Fsp3) is 0.360. The largest absolute Gasteiger partial charge is 0.493 e. The zero-order valence-corrected chi connectivity index (χ0v) is 19.3. The second kappa shape index (κ2) is 8.53. The number of likely N-dealkylation sites (tertiary alicyclic amines) is 1. The molecule has 0 bridgehead atoms. The summed E-state index contributed by atoms with van der Waals surface area (Å²) in [6.07, 6.45) is 0.990. The molecule has 0 spiro atoms. The van der Waals surface area contributed by atoms with Crippen LogP contribution in [0.15, 0.2) is 40.9 Å². The summed E-state index contributed by atoms with van der Waals surface area (Å²) in [7, 11) is 5.17. The summed E-state index contributed by atoms with van der Waals surface area (Å²) in [5, 5.41) is 15.4. The van der Waals surface area contributed by atoms with Crippen molar-refractivity contribution in [1.82, 2.24) is 20.0 Å². The Kier molecular flexibility index (Phi) is 5.55. The molecule has 172 valence electrons. The zero-order valence-electron chi connectivity index (χ0n) is 19.3. The second-order valence-electron chi connectivity index (χ2n) is 8.47. The summed E-state index contributed by atoms with van der Waals surface area (Å²) in [6.45, 7) is 2.85. The molecule has 5 rings (SSSR count). The molecule has 3 heterocycles. The summed E-state index contributed by atoms with van der Waals surface area (Å²) in [5.41, 5.74) is 5.25. The molecule has 0 aliphatic carbocycles. The molecule has 1 aliphatic heterocycles. The highest BCUT2D eigenvalue weighted by Crippen LogP contribution is 2.37. The zero-order chi connectivity index (χ0) is 23.1. The lowest BCUT2D eigenvalue weighted by Gasteiger charge is -2.10. The lowest BCUT2D eigenvalue weighted by Crippen LogP contribution is -2.23. The molecule has 2 aromatic heterocycles. The number of methoxy groups -OCH3 is 2. The first-order valence-electron chi connectivity index (χ1n) is 11.1. The molecule has 2 unspecified atom stereocenters. The van der Waals surface area contributed by atoms with Crippen molar-refractivity contribution in [3.8, 4) is 34.1 Å². The third-order valence-electron chi connectivity index (χ3n) is 6.49. The molecular formula is C25H28N4O4. The van der Waals surface area contributed by atoms with Crippen LogP contribution in [0.2, 0.25) is 0 Å². The van der Waals surface area contributed by atoms with Crippen LogP contribution in [-0.2, 0) is 6.42 Å². The fourth-order valence-corrected chi connectivity index (χ4v) is 4.67. The van der Waals surface area contributed by atoms with E-state index in [0.717, 1.165) is 34.1 Å². The van der Waals surface area contributed by atoms with Crippen molar-refractivity contribution >= 4 is 10.9 Å². The number of ether oxygens (including phenoxy) is 2. The predicted molar refractivity (Wildman–Crippen MR) is 126 cm³/mol. The molecule has 1 saturated heterocycles. The molecule has 0 saturated carbocycles. The summed E-state index contributed by atoms with van der Waals surface area (Å²) in [6, 6.07) is 12.1. The van der Waals surface area contributed by atoms with Gasteiger partial charge in [0.15, 0.2) is 11.5 Å². The number of rotatable bonds is 6. The van der Waals surface area contributed by atoms with E-state index in [0.29, 0.717) is 36.2 Å². The van der Waals surface area contributed by atoms with Crippen LogP contribution in [0.4, 0.5) is 0 Å². The highest BCUT2D eigenvalue weighted by molar-refractivity contribution is 5.93. The normalized spacial score (nSPS) is 18.8. The number of likely N-dealkylation sites (N-methyl/N-ethyl adjacent to an activating group) is 1. The number of aromatic nitrogens is 3. The highest BCUT2D eigenvalue weighted by atomic mass is 16.5. The van der Waals surface area contributed by atoms with Crippen LogP contribution in [0, 0.1) is 0 Å². The molecule has 0 amide bonds. The maximum Gasteiger partial charge on any atom is 0.231 e. The Bertz CT molecular complexity index is 1290. The van der Waals surface area contributed by atoms with E-state index < -0.39 is 6.23 Å². The molecule has 33 heavy (non-hydrogen) atoms. The standard InChI is InChI=1S/C25H28N4O4/c1-5-17-18-10-15(24-27-25(33-28-24)16-12-22(30)29(2)13-16)6-8-19(18)26-23(17)14-7-9-20(31-3)21(11-14)32-4/h6-11,16,22,26,30H,5,12-13H2,1-4H3. The van der Waals surface area contributed by atoms with E-state index in [4.69, 9.17) is 14.0 Å².